The summed E-state index contributed by atoms with van der Waals surface area (Å²) in [6, 6.07) is 0. The summed E-state index contributed by atoms with van der Waals surface area (Å²) in [7, 11) is 1.68. The second-order valence-corrected chi connectivity index (χ2v) is 5.77. The van der Waals surface area contributed by atoms with Crippen LogP contribution in [0.3, 0.4) is 0 Å². The zero-order valence-corrected chi connectivity index (χ0v) is 12.2. The van der Waals surface area contributed by atoms with Gasteiger partial charge < -0.3 is 15.0 Å². The van der Waals surface area contributed by atoms with Crippen LogP contribution in [0, 0.1) is 5.92 Å². The molecular formula is C14H25N3O2. The third-order valence-corrected chi connectivity index (χ3v) is 4.34. The maximum absolute atomic E-state index is 6.45. The molecule has 2 N–H and O–H groups in total. The monoisotopic (exact) mass is 267 g/mol. The molecule has 0 spiro atoms. The second-order valence-electron chi connectivity index (χ2n) is 5.77. The molecule has 0 bridgehead atoms. The average Bonchev–Trinajstić information content (AvgIpc) is 2.89. The van der Waals surface area contributed by atoms with Gasteiger partial charge in [-0.25, -0.2) is 0 Å². The Kier molecular flexibility index (Phi) is 4.58. The molecule has 1 atom stereocenters. The molecular weight excluding hydrogens is 242 g/mol. The first-order chi connectivity index (χ1) is 9.07. The van der Waals surface area contributed by atoms with Gasteiger partial charge in [0.1, 0.15) is 0 Å². The van der Waals surface area contributed by atoms with Crippen molar-refractivity contribution in [3.05, 3.63) is 11.7 Å². The number of ether oxygens (including phenoxy) is 1. The number of hydrogen-bond acceptors (Lipinski definition) is 5. The normalized spacial score (nSPS) is 29.4. The lowest BCUT2D eigenvalue weighted by molar-refractivity contribution is 0.116. The highest BCUT2D eigenvalue weighted by molar-refractivity contribution is 5.04. The van der Waals surface area contributed by atoms with E-state index in [9.17, 15) is 0 Å². The third kappa shape index (κ3) is 3.34. The Labute approximate surface area is 114 Å². The van der Waals surface area contributed by atoms with Crippen LogP contribution in [-0.4, -0.2) is 23.4 Å². The van der Waals surface area contributed by atoms with Crippen molar-refractivity contribution < 1.29 is 9.26 Å². The number of aromatic nitrogens is 2. The minimum absolute atomic E-state index is 0.0926. The van der Waals surface area contributed by atoms with Crippen molar-refractivity contribution in [3.8, 4) is 0 Å². The Bertz CT molecular complexity index is 397. The summed E-state index contributed by atoms with van der Waals surface area (Å²) in [5.74, 6) is 2.08. The number of methoxy groups -OCH3 is 1. The molecule has 0 saturated heterocycles. The minimum Gasteiger partial charge on any atom is -0.381 e. The zero-order chi connectivity index (χ0) is 13.9. The fourth-order valence-electron chi connectivity index (χ4n) is 2.69. The van der Waals surface area contributed by atoms with Gasteiger partial charge in [0.25, 0.3) is 0 Å². The molecule has 1 aromatic rings. The van der Waals surface area contributed by atoms with E-state index in [1.54, 1.807) is 7.11 Å². The predicted molar refractivity (Wildman–Crippen MR) is 72.6 cm³/mol. The molecule has 1 unspecified atom stereocenters. The summed E-state index contributed by atoms with van der Waals surface area (Å²) in [6.07, 6.45) is 6.16. The molecule has 1 aliphatic rings. The Morgan fingerprint density at radius 1 is 1.47 bits per heavy atom. The van der Waals surface area contributed by atoms with Crippen LogP contribution < -0.4 is 5.73 Å². The van der Waals surface area contributed by atoms with Gasteiger partial charge in [0.05, 0.1) is 11.6 Å². The Morgan fingerprint density at radius 3 is 2.74 bits per heavy atom. The fourth-order valence-corrected chi connectivity index (χ4v) is 2.69. The highest BCUT2D eigenvalue weighted by atomic mass is 16.5. The maximum Gasteiger partial charge on any atom is 0.246 e. The number of hydrogen-bond donors (Lipinski definition) is 1. The molecule has 1 saturated carbocycles. The van der Waals surface area contributed by atoms with E-state index in [2.05, 4.69) is 17.1 Å². The summed E-state index contributed by atoms with van der Waals surface area (Å²) in [4.78, 5) is 4.46. The Hall–Kier alpha value is -0.940. The molecule has 5 nitrogen and oxygen atoms in total. The number of nitrogens with zero attached hydrogens (tertiary/aromatic N) is 2. The molecule has 1 fully saturated rings. The van der Waals surface area contributed by atoms with Gasteiger partial charge in [0, 0.05) is 13.5 Å². The predicted octanol–water partition coefficient (Wildman–Crippen LogP) is 2.40. The van der Waals surface area contributed by atoms with E-state index >= 15 is 0 Å². The Balaban J connectivity index is 2.01. The molecule has 0 aromatic carbocycles. The molecule has 108 valence electrons. The number of nitrogens with two attached hydrogens (primary N) is 1. The second kappa shape index (κ2) is 6.01. The molecule has 0 radical (unpaired) electrons. The van der Waals surface area contributed by atoms with Crippen molar-refractivity contribution in [2.75, 3.05) is 7.11 Å². The number of rotatable bonds is 5. The molecule has 0 aliphatic heterocycles. The molecule has 2 rings (SSSR count). The van der Waals surface area contributed by atoms with E-state index in [1.165, 1.54) is 6.42 Å². The largest absolute Gasteiger partial charge is 0.381 e. The third-order valence-electron chi connectivity index (χ3n) is 4.34. The van der Waals surface area contributed by atoms with E-state index in [0.717, 1.165) is 31.6 Å². The first kappa shape index (κ1) is 14.5. The van der Waals surface area contributed by atoms with Crippen LogP contribution in [0.4, 0.5) is 0 Å². The fraction of sp³-hybridized carbons (Fsp3) is 0.857. The van der Waals surface area contributed by atoms with E-state index in [-0.39, 0.29) is 6.10 Å². The van der Waals surface area contributed by atoms with E-state index in [1.807, 2.05) is 6.92 Å². The van der Waals surface area contributed by atoms with Crippen molar-refractivity contribution in [1.82, 2.24) is 10.1 Å². The van der Waals surface area contributed by atoms with Gasteiger partial charge in [-0.15, -0.1) is 0 Å². The first-order valence-electron chi connectivity index (χ1n) is 7.22. The zero-order valence-electron chi connectivity index (χ0n) is 12.2. The van der Waals surface area contributed by atoms with Gasteiger partial charge in [-0.2, -0.15) is 4.98 Å². The average molecular weight is 267 g/mol. The van der Waals surface area contributed by atoms with Crippen molar-refractivity contribution >= 4 is 0 Å². The standard InChI is InChI=1S/C14H25N3O2/c1-4-11-5-7-14(15,8-6-11)13-16-12(17-19-13)9-10(2)18-3/h10-11H,4-9,15H2,1-3H3. The summed E-state index contributed by atoms with van der Waals surface area (Å²) < 4.78 is 10.6. The summed E-state index contributed by atoms with van der Waals surface area (Å²) in [5.41, 5.74) is 6.02. The van der Waals surface area contributed by atoms with E-state index in [0.29, 0.717) is 18.1 Å². The van der Waals surface area contributed by atoms with Crippen LogP contribution in [0.25, 0.3) is 0 Å². The molecule has 1 heterocycles. The van der Waals surface area contributed by atoms with Gasteiger partial charge in [-0.05, 0) is 38.5 Å². The SMILES string of the molecule is CCC1CCC(N)(c2nc(CC(C)OC)no2)CC1. The van der Waals surface area contributed by atoms with Gasteiger partial charge >= 0.3 is 0 Å². The lowest BCUT2D eigenvalue weighted by Crippen LogP contribution is -2.40. The van der Waals surface area contributed by atoms with Gasteiger partial charge in [-0.1, -0.05) is 18.5 Å². The molecule has 1 aliphatic carbocycles. The van der Waals surface area contributed by atoms with Gasteiger partial charge in [0.15, 0.2) is 5.82 Å². The quantitative estimate of drug-likeness (QED) is 0.886. The molecule has 1 aromatic heterocycles. The smallest absolute Gasteiger partial charge is 0.246 e. The summed E-state index contributed by atoms with van der Waals surface area (Å²) in [6.45, 7) is 4.23. The van der Waals surface area contributed by atoms with E-state index < -0.39 is 5.54 Å². The van der Waals surface area contributed by atoms with Crippen molar-refractivity contribution in [2.45, 2.75) is 64.0 Å². The van der Waals surface area contributed by atoms with Crippen molar-refractivity contribution in [2.24, 2.45) is 11.7 Å². The molecule has 5 heteroatoms. The molecule has 0 amide bonds. The van der Waals surface area contributed by atoms with Crippen LogP contribution in [0.5, 0.6) is 0 Å². The summed E-state index contributed by atoms with van der Waals surface area (Å²) in [5, 5.41) is 4.02. The van der Waals surface area contributed by atoms with Gasteiger partial charge in [-0.3, -0.25) is 0 Å². The Morgan fingerprint density at radius 2 is 2.16 bits per heavy atom. The molecule has 19 heavy (non-hydrogen) atoms. The van der Waals surface area contributed by atoms with Crippen LogP contribution in [-0.2, 0) is 16.7 Å². The van der Waals surface area contributed by atoms with Crippen LogP contribution >= 0.6 is 0 Å². The van der Waals surface area contributed by atoms with Crippen LogP contribution in [0.15, 0.2) is 4.52 Å². The minimum atomic E-state index is -0.423. The van der Waals surface area contributed by atoms with Crippen molar-refractivity contribution in [3.63, 3.8) is 0 Å². The van der Waals surface area contributed by atoms with Crippen molar-refractivity contribution in [1.29, 1.82) is 0 Å². The topological polar surface area (TPSA) is 74.2 Å². The van der Waals surface area contributed by atoms with Crippen LogP contribution in [0.2, 0.25) is 0 Å². The highest BCUT2D eigenvalue weighted by Crippen LogP contribution is 2.37. The lowest BCUT2D eigenvalue weighted by Gasteiger charge is -2.33. The maximum atomic E-state index is 6.45. The highest BCUT2D eigenvalue weighted by Gasteiger charge is 2.37. The first-order valence-corrected chi connectivity index (χ1v) is 7.22. The van der Waals surface area contributed by atoms with Crippen LogP contribution in [0.1, 0.15) is 57.7 Å². The van der Waals surface area contributed by atoms with E-state index in [4.69, 9.17) is 15.0 Å². The van der Waals surface area contributed by atoms with Gasteiger partial charge in [0.2, 0.25) is 5.89 Å². The summed E-state index contributed by atoms with van der Waals surface area (Å²) >= 11 is 0. The lowest BCUT2D eigenvalue weighted by atomic mass is 9.76.